The van der Waals surface area contributed by atoms with Gasteiger partial charge in [0.05, 0.1) is 18.4 Å². The molecule has 140 valence electrons. The van der Waals surface area contributed by atoms with Gasteiger partial charge in [-0.1, -0.05) is 6.07 Å². The average molecular weight is 369 g/mol. The molecule has 0 radical (unpaired) electrons. The van der Waals surface area contributed by atoms with Crippen LogP contribution in [-0.4, -0.2) is 47.6 Å². The van der Waals surface area contributed by atoms with Gasteiger partial charge >= 0.3 is 6.03 Å². The minimum absolute atomic E-state index is 0.00935. The third-order valence-corrected chi connectivity index (χ3v) is 4.89. The molecule has 0 aromatic carbocycles. The topological polar surface area (TPSA) is 78.4 Å². The molecule has 0 spiro atoms. The SMILES string of the molecule is O=C(CCCF)c1ccc2c(n1)N(C(=O)Nc1ccccn1)[C@H]1CCN2C1. The molecule has 2 bridgehead atoms. The third-order valence-electron chi connectivity index (χ3n) is 4.89. The summed E-state index contributed by atoms with van der Waals surface area (Å²) in [5.41, 5.74) is 1.10. The van der Waals surface area contributed by atoms with Crippen molar-refractivity contribution in [2.75, 3.05) is 34.9 Å². The summed E-state index contributed by atoms with van der Waals surface area (Å²) in [7, 11) is 0. The van der Waals surface area contributed by atoms with Crippen molar-refractivity contribution >= 4 is 29.1 Å². The number of carbonyl (C=O) groups excluding carboxylic acids is 2. The predicted octanol–water partition coefficient (Wildman–Crippen LogP) is 3.04. The second kappa shape index (κ2) is 7.30. The van der Waals surface area contributed by atoms with Crippen LogP contribution in [0.3, 0.4) is 0 Å². The van der Waals surface area contributed by atoms with Gasteiger partial charge in [-0.25, -0.2) is 14.8 Å². The van der Waals surface area contributed by atoms with Gasteiger partial charge in [0.25, 0.3) is 0 Å². The van der Waals surface area contributed by atoms with Crippen molar-refractivity contribution in [1.82, 2.24) is 9.97 Å². The lowest BCUT2D eigenvalue weighted by Gasteiger charge is -2.35. The Labute approximate surface area is 156 Å². The van der Waals surface area contributed by atoms with Gasteiger partial charge in [0, 0.05) is 25.7 Å². The zero-order chi connectivity index (χ0) is 18.8. The van der Waals surface area contributed by atoms with Crippen LogP contribution in [0.2, 0.25) is 0 Å². The highest BCUT2D eigenvalue weighted by molar-refractivity contribution is 6.05. The molecule has 0 unspecified atom stereocenters. The highest BCUT2D eigenvalue weighted by Crippen LogP contribution is 2.39. The maximum Gasteiger partial charge on any atom is 0.329 e. The van der Waals surface area contributed by atoms with Gasteiger partial charge in [-0.05, 0) is 37.1 Å². The zero-order valence-corrected chi connectivity index (χ0v) is 14.8. The Balaban J connectivity index is 1.65. The van der Waals surface area contributed by atoms with E-state index in [1.54, 1.807) is 35.4 Å². The third kappa shape index (κ3) is 3.34. The molecule has 7 nitrogen and oxygen atoms in total. The monoisotopic (exact) mass is 369 g/mol. The number of hydrogen-bond acceptors (Lipinski definition) is 5. The molecule has 1 fully saturated rings. The number of rotatable bonds is 5. The molecule has 1 atom stereocenters. The van der Waals surface area contributed by atoms with Crippen molar-refractivity contribution in [3.63, 3.8) is 0 Å². The molecular formula is C19H20FN5O2. The molecule has 0 saturated carbocycles. The van der Waals surface area contributed by atoms with Crippen molar-refractivity contribution < 1.29 is 14.0 Å². The number of Topliss-reactive ketones (excluding diaryl/α,β-unsaturated/α-hetero) is 1. The van der Waals surface area contributed by atoms with Gasteiger partial charge in [-0.15, -0.1) is 0 Å². The van der Waals surface area contributed by atoms with Crippen LogP contribution < -0.4 is 15.1 Å². The molecule has 4 rings (SSSR count). The van der Waals surface area contributed by atoms with Gasteiger partial charge in [-0.3, -0.25) is 19.4 Å². The average Bonchev–Trinajstić information content (AvgIpc) is 3.11. The van der Waals surface area contributed by atoms with Crippen LogP contribution in [0.4, 0.5) is 26.5 Å². The van der Waals surface area contributed by atoms with E-state index in [1.807, 2.05) is 6.07 Å². The first-order valence-electron chi connectivity index (χ1n) is 9.04. The van der Waals surface area contributed by atoms with Crippen LogP contribution in [0.5, 0.6) is 0 Å². The van der Waals surface area contributed by atoms with E-state index in [2.05, 4.69) is 20.2 Å². The molecule has 1 saturated heterocycles. The van der Waals surface area contributed by atoms with Crippen molar-refractivity contribution in [2.45, 2.75) is 25.3 Å². The molecule has 2 aliphatic rings. The summed E-state index contributed by atoms with van der Waals surface area (Å²) in [6.07, 6.45) is 2.72. The quantitative estimate of drug-likeness (QED) is 0.820. The second-order valence-electron chi connectivity index (χ2n) is 6.66. The maximum atomic E-state index is 13.0. The van der Waals surface area contributed by atoms with Gasteiger partial charge in [0.2, 0.25) is 0 Å². The molecule has 27 heavy (non-hydrogen) atoms. The standard InChI is InChI=1S/C19H20FN5O2/c20-9-3-4-16(26)14-6-7-15-18(22-14)25(13-8-11-24(15)12-13)19(27)23-17-5-1-2-10-21-17/h1-2,5-7,10,13H,3-4,8-9,11-12H2,(H,21,23,27)/t13-/m0/s1. The van der Waals surface area contributed by atoms with E-state index in [1.165, 1.54) is 0 Å². The fraction of sp³-hybridized carbons (Fsp3) is 0.368. The van der Waals surface area contributed by atoms with E-state index >= 15 is 0 Å². The number of hydrogen-bond donors (Lipinski definition) is 1. The molecule has 2 aromatic heterocycles. The Morgan fingerprint density at radius 3 is 2.93 bits per heavy atom. The van der Waals surface area contributed by atoms with Crippen LogP contribution in [0.25, 0.3) is 0 Å². The van der Waals surface area contributed by atoms with E-state index in [9.17, 15) is 14.0 Å². The summed E-state index contributed by atoms with van der Waals surface area (Å²) in [5, 5.41) is 2.80. The zero-order valence-electron chi connectivity index (χ0n) is 14.8. The number of amides is 2. The fourth-order valence-corrected chi connectivity index (χ4v) is 3.59. The van der Waals surface area contributed by atoms with E-state index in [0.717, 1.165) is 25.2 Å². The first-order valence-corrected chi connectivity index (χ1v) is 9.04. The summed E-state index contributed by atoms with van der Waals surface area (Å²) in [4.78, 5) is 37.6. The predicted molar refractivity (Wildman–Crippen MR) is 100 cm³/mol. The number of aromatic nitrogens is 2. The van der Waals surface area contributed by atoms with Gasteiger partial charge in [-0.2, -0.15) is 0 Å². The largest absolute Gasteiger partial charge is 0.366 e. The lowest BCUT2D eigenvalue weighted by molar-refractivity contribution is 0.0972. The number of nitrogens with zero attached hydrogens (tertiary/aromatic N) is 4. The number of fused-ring (bicyclic) bond motifs is 4. The minimum atomic E-state index is -0.537. The van der Waals surface area contributed by atoms with Crippen molar-refractivity contribution in [1.29, 1.82) is 0 Å². The summed E-state index contributed by atoms with van der Waals surface area (Å²) in [6, 6.07) is 8.45. The van der Waals surface area contributed by atoms with Crippen LogP contribution >= 0.6 is 0 Å². The van der Waals surface area contributed by atoms with Gasteiger partial charge in [0.1, 0.15) is 11.5 Å². The summed E-state index contributed by atoms with van der Waals surface area (Å²) >= 11 is 0. The first-order chi connectivity index (χ1) is 13.2. The number of halogens is 1. The lowest BCUT2D eigenvalue weighted by atomic mass is 10.1. The number of ketones is 1. The first kappa shape index (κ1) is 17.4. The molecule has 4 heterocycles. The number of anilines is 3. The molecular weight excluding hydrogens is 349 g/mol. The number of alkyl halides is 1. The second-order valence-corrected chi connectivity index (χ2v) is 6.66. The lowest BCUT2D eigenvalue weighted by Crippen LogP contribution is -2.48. The number of urea groups is 1. The van der Waals surface area contributed by atoms with E-state index < -0.39 is 6.67 Å². The minimum Gasteiger partial charge on any atom is -0.366 e. The Kier molecular flexibility index (Phi) is 4.70. The highest BCUT2D eigenvalue weighted by Gasteiger charge is 2.40. The van der Waals surface area contributed by atoms with Gasteiger partial charge in [0.15, 0.2) is 11.6 Å². The van der Waals surface area contributed by atoms with Crippen molar-refractivity contribution in [3.8, 4) is 0 Å². The summed E-state index contributed by atoms with van der Waals surface area (Å²) in [5.74, 6) is 0.719. The fourth-order valence-electron chi connectivity index (χ4n) is 3.59. The Bertz CT molecular complexity index is 860. The molecule has 2 amide bonds. The number of carbonyl (C=O) groups is 2. The van der Waals surface area contributed by atoms with Crippen LogP contribution in [0.1, 0.15) is 29.8 Å². The van der Waals surface area contributed by atoms with Crippen molar-refractivity contribution in [3.05, 3.63) is 42.2 Å². The summed E-state index contributed by atoms with van der Waals surface area (Å²) in [6.45, 7) is 1.03. The summed E-state index contributed by atoms with van der Waals surface area (Å²) < 4.78 is 12.4. The Morgan fingerprint density at radius 1 is 1.26 bits per heavy atom. The molecule has 2 aromatic rings. The van der Waals surface area contributed by atoms with Gasteiger partial charge < -0.3 is 4.90 Å². The highest BCUT2D eigenvalue weighted by atomic mass is 19.1. The van der Waals surface area contributed by atoms with Crippen molar-refractivity contribution in [2.24, 2.45) is 0 Å². The Hall–Kier alpha value is -3.03. The normalized spacial score (nSPS) is 17.6. The number of nitrogens with one attached hydrogen (secondary N) is 1. The van der Waals surface area contributed by atoms with E-state index in [4.69, 9.17) is 0 Å². The molecule has 0 aliphatic carbocycles. The van der Waals surface area contributed by atoms with Crippen LogP contribution in [-0.2, 0) is 0 Å². The maximum absolute atomic E-state index is 13.0. The van der Waals surface area contributed by atoms with Crippen LogP contribution in [0, 0.1) is 0 Å². The van der Waals surface area contributed by atoms with E-state index in [-0.39, 0.29) is 36.4 Å². The molecule has 8 heteroatoms. The molecule has 1 N–H and O–H groups in total. The van der Waals surface area contributed by atoms with Crippen LogP contribution in [0.15, 0.2) is 36.5 Å². The smallest absolute Gasteiger partial charge is 0.329 e. The Morgan fingerprint density at radius 2 is 2.15 bits per heavy atom. The molecule has 2 aliphatic heterocycles. The number of pyridine rings is 2. The van der Waals surface area contributed by atoms with E-state index in [0.29, 0.717) is 11.6 Å².